The van der Waals surface area contributed by atoms with Gasteiger partial charge >= 0.3 is 0 Å². The van der Waals surface area contributed by atoms with Gasteiger partial charge in [-0.2, -0.15) is 0 Å². The molecule has 2 amide bonds. The van der Waals surface area contributed by atoms with Gasteiger partial charge in [-0.25, -0.2) is 0 Å². The average molecular weight is 505 g/mol. The quantitative estimate of drug-likeness (QED) is 0.271. The van der Waals surface area contributed by atoms with E-state index in [1.165, 1.54) is 23.1 Å². The lowest BCUT2D eigenvalue weighted by Crippen LogP contribution is -2.37. The van der Waals surface area contributed by atoms with Crippen LogP contribution in [0.5, 0.6) is 0 Å². The topological polar surface area (TPSA) is 105 Å². The summed E-state index contributed by atoms with van der Waals surface area (Å²) < 4.78 is 0. The first-order valence-corrected chi connectivity index (χ1v) is 12.8. The highest BCUT2D eigenvalue weighted by molar-refractivity contribution is 7.09. The zero-order valence-electron chi connectivity index (χ0n) is 20.1. The second kappa shape index (κ2) is 11.7. The molecular formula is C27H28N4O4S. The van der Waals surface area contributed by atoms with Crippen LogP contribution in [0.1, 0.15) is 50.9 Å². The van der Waals surface area contributed by atoms with E-state index in [0.717, 1.165) is 17.8 Å². The summed E-state index contributed by atoms with van der Waals surface area (Å²) in [6.07, 6.45) is 5.06. The van der Waals surface area contributed by atoms with Crippen LogP contribution in [0.2, 0.25) is 0 Å². The first-order valence-electron chi connectivity index (χ1n) is 11.9. The fraction of sp³-hybridized carbons (Fsp3) is 0.296. The largest absolute Gasteiger partial charge is 0.352 e. The lowest BCUT2D eigenvalue weighted by Gasteiger charge is -2.32. The number of hydrogen-bond acceptors (Lipinski definition) is 6. The van der Waals surface area contributed by atoms with Gasteiger partial charge in [0.05, 0.1) is 21.7 Å². The van der Waals surface area contributed by atoms with Crippen molar-refractivity contribution in [2.24, 2.45) is 0 Å². The number of carbonyl (C=O) groups is 2. The number of amides is 2. The van der Waals surface area contributed by atoms with E-state index in [1.54, 1.807) is 34.4 Å². The normalized spacial score (nSPS) is 14.2. The number of aryl methyl sites for hydroxylation is 1. The minimum absolute atomic E-state index is 0.0352. The Morgan fingerprint density at radius 1 is 1.17 bits per heavy atom. The van der Waals surface area contributed by atoms with Crippen LogP contribution in [0.15, 0.2) is 60.0 Å². The number of hydrogen-bond donors (Lipinski definition) is 1. The zero-order chi connectivity index (χ0) is 25.5. The molecule has 36 heavy (non-hydrogen) atoms. The van der Waals surface area contributed by atoms with Crippen molar-refractivity contribution in [3.63, 3.8) is 0 Å². The second-order valence-corrected chi connectivity index (χ2v) is 9.75. The van der Waals surface area contributed by atoms with E-state index in [1.807, 2.05) is 30.5 Å². The molecule has 1 aliphatic heterocycles. The Morgan fingerprint density at radius 3 is 2.67 bits per heavy atom. The van der Waals surface area contributed by atoms with Crippen molar-refractivity contribution in [1.29, 1.82) is 0 Å². The number of nitrogens with zero attached hydrogens (tertiary/aromatic N) is 3. The number of rotatable bonds is 8. The summed E-state index contributed by atoms with van der Waals surface area (Å²) in [5.74, 6) is -0.235. The third-order valence-electron chi connectivity index (χ3n) is 6.28. The lowest BCUT2D eigenvalue weighted by molar-refractivity contribution is -0.385. The summed E-state index contributed by atoms with van der Waals surface area (Å²) in [6.45, 7) is 3.53. The third-order valence-corrected chi connectivity index (χ3v) is 7.21. The van der Waals surface area contributed by atoms with Crippen molar-refractivity contribution >= 4 is 34.9 Å². The Kier molecular flexibility index (Phi) is 8.22. The average Bonchev–Trinajstić information content (AvgIpc) is 3.41. The molecular weight excluding hydrogens is 476 g/mol. The first-order chi connectivity index (χ1) is 17.4. The molecule has 0 saturated carbocycles. The molecule has 0 unspecified atom stereocenters. The van der Waals surface area contributed by atoms with E-state index in [2.05, 4.69) is 11.4 Å². The van der Waals surface area contributed by atoms with Crippen molar-refractivity contribution < 1.29 is 14.5 Å². The van der Waals surface area contributed by atoms with E-state index in [4.69, 9.17) is 4.98 Å². The fourth-order valence-corrected chi connectivity index (χ4v) is 5.07. The van der Waals surface area contributed by atoms with Crippen LogP contribution in [0.3, 0.4) is 0 Å². The fourth-order valence-electron chi connectivity index (χ4n) is 4.36. The highest BCUT2D eigenvalue weighted by atomic mass is 32.1. The number of pyridine rings is 1. The predicted octanol–water partition coefficient (Wildman–Crippen LogP) is 4.75. The summed E-state index contributed by atoms with van der Waals surface area (Å²) in [7, 11) is 0. The summed E-state index contributed by atoms with van der Waals surface area (Å²) in [4.78, 5) is 44.1. The second-order valence-electron chi connectivity index (χ2n) is 8.72. The molecule has 8 nitrogen and oxygen atoms in total. The van der Waals surface area contributed by atoms with Crippen molar-refractivity contribution in [2.45, 2.75) is 32.1 Å². The molecule has 1 aromatic carbocycles. The van der Waals surface area contributed by atoms with Crippen LogP contribution in [0, 0.1) is 17.0 Å². The number of para-hydroxylation sites is 1. The summed E-state index contributed by atoms with van der Waals surface area (Å²) in [5.41, 5.74) is 2.58. The first kappa shape index (κ1) is 25.2. The van der Waals surface area contributed by atoms with Crippen LogP contribution in [0.4, 0.5) is 5.69 Å². The van der Waals surface area contributed by atoms with E-state index in [-0.39, 0.29) is 23.4 Å². The number of thiophene rings is 1. The molecule has 1 fully saturated rings. The zero-order valence-corrected chi connectivity index (χ0v) is 20.9. The molecule has 4 rings (SSSR count). The molecule has 9 heteroatoms. The lowest BCUT2D eigenvalue weighted by atomic mass is 9.89. The highest BCUT2D eigenvalue weighted by Crippen LogP contribution is 2.30. The number of piperidine rings is 1. The van der Waals surface area contributed by atoms with Crippen LogP contribution in [-0.4, -0.2) is 46.3 Å². The molecule has 186 valence electrons. The summed E-state index contributed by atoms with van der Waals surface area (Å²) in [5, 5.41) is 16.2. The van der Waals surface area contributed by atoms with Crippen molar-refractivity contribution in [3.8, 4) is 0 Å². The van der Waals surface area contributed by atoms with Gasteiger partial charge in [-0.05, 0) is 61.9 Å². The van der Waals surface area contributed by atoms with Gasteiger partial charge in [0.25, 0.3) is 11.6 Å². The van der Waals surface area contributed by atoms with Gasteiger partial charge in [0.15, 0.2) is 0 Å². The van der Waals surface area contributed by atoms with Crippen LogP contribution in [-0.2, 0) is 11.2 Å². The molecule has 0 bridgehead atoms. The molecule has 1 aliphatic rings. The van der Waals surface area contributed by atoms with Gasteiger partial charge in [-0.3, -0.25) is 24.7 Å². The van der Waals surface area contributed by atoms with Crippen LogP contribution in [0.25, 0.3) is 6.08 Å². The van der Waals surface area contributed by atoms with Gasteiger partial charge in [0, 0.05) is 48.3 Å². The number of benzene rings is 1. The summed E-state index contributed by atoms with van der Waals surface area (Å²) >= 11 is 1.67. The molecule has 1 saturated heterocycles. The molecule has 3 heterocycles. The number of likely N-dealkylation sites (tertiary alicyclic amines) is 1. The van der Waals surface area contributed by atoms with Gasteiger partial charge in [0.1, 0.15) is 0 Å². The Labute approximate surface area is 213 Å². The summed E-state index contributed by atoms with van der Waals surface area (Å²) in [6, 6.07) is 14.1. The Hall–Kier alpha value is -3.85. The van der Waals surface area contributed by atoms with E-state index in [9.17, 15) is 19.7 Å². The van der Waals surface area contributed by atoms with Crippen LogP contribution >= 0.6 is 11.3 Å². The Morgan fingerprint density at radius 2 is 1.94 bits per heavy atom. The minimum Gasteiger partial charge on any atom is -0.352 e. The maximum atomic E-state index is 12.9. The Balaban J connectivity index is 1.37. The molecule has 3 aromatic rings. The van der Waals surface area contributed by atoms with E-state index >= 15 is 0 Å². The minimum atomic E-state index is -0.458. The monoisotopic (exact) mass is 504 g/mol. The maximum absolute atomic E-state index is 12.9. The van der Waals surface area contributed by atoms with E-state index in [0.29, 0.717) is 43.6 Å². The highest BCUT2D eigenvalue weighted by Gasteiger charge is 2.27. The number of nitrogens with one attached hydrogen (secondary N) is 1. The molecule has 0 aliphatic carbocycles. The molecule has 2 aromatic heterocycles. The van der Waals surface area contributed by atoms with Crippen molar-refractivity contribution in [1.82, 2.24) is 15.2 Å². The maximum Gasteiger partial charge on any atom is 0.276 e. The van der Waals surface area contributed by atoms with Gasteiger partial charge in [0.2, 0.25) is 5.91 Å². The Bertz CT molecular complexity index is 1260. The standard InChI is InChI=1S/C27H28N4O4S/c1-19-8-10-23(27(33)28-15-12-22-6-4-18-36-22)26(29-19)21-13-16-30(17-14-21)25(32)11-9-20-5-2-3-7-24(20)31(34)35/h2-11,18,21H,12-17H2,1H3,(H,28,33). The number of carbonyl (C=O) groups excluding carboxylic acids is 2. The SMILES string of the molecule is Cc1ccc(C(=O)NCCc2cccs2)c(C2CCN(C(=O)C=Cc3ccccc3[N+](=O)[O-])CC2)n1. The van der Waals surface area contributed by atoms with Crippen LogP contribution < -0.4 is 5.32 Å². The van der Waals surface area contributed by atoms with E-state index < -0.39 is 4.92 Å². The third kappa shape index (κ3) is 6.23. The van der Waals surface area contributed by atoms with Crippen molar-refractivity contribution in [2.75, 3.05) is 19.6 Å². The van der Waals surface area contributed by atoms with Crippen molar-refractivity contribution in [3.05, 3.63) is 97.5 Å². The van der Waals surface area contributed by atoms with Gasteiger partial charge in [-0.15, -0.1) is 11.3 Å². The molecule has 1 N–H and O–H groups in total. The number of nitro groups is 1. The molecule has 0 atom stereocenters. The predicted molar refractivity (Wildman–Crippen MR) is 140 cm³/mol. The number of aromatic nitrogens is 1. The molecule has 0 spiro atoms. The number of nitro benzene ring substituents is 1. The smallest absolute Gasteiger partial charge is 0.276 e. The van der Waals surface area contributed by atoms with Gasteiger partial charge < -0.3 is 10.2 Å². The molecule has 0 radical (unpaired) electrons. The van der Waals surface area contributed by atoms with Gasteiger partial charge in [-0.1, -0.05) is 18.2 Å².